The Hall–Kier alpha value is -5.66. The van der Waals surface area contributed by atoms with E-state index in [9.17, 15) is 10.2 Å². The molecule has 0 spiro atoms. The molecule has 5 aromatic rings. The van der Waals surface area contributed by atoms with Crippen molar-refractivity contribution in [2.75, 3.05) is 14.2 Å². The van der Waals surface area contributed by atoms with Crippen molar-refractivity contribution in [3.8, 4) is 59.2 Å². The van der Waals surface area contributed by atoms with Crippen molar-refractivity contribution in [3.05, 3.63) is 144 Å². The van der Waals surface area contributed by atoms with Gasteiger partial charge >= 0.3 is 0 Å². The molecule has 2 atom stereocenters. The lowest BCUT2D eigenvalue weighted by molar-refractivity contribution is 0.145. The molecule has 6 heteroatoms. The van der Waals surface area contributed by atoms with Crippen LogP contribution in [0.5, 0.6) is 34.5 Å². The number of aliphatic hydroxyl groups is 2. The number of ether oxygens (including phenoxy) is 4. The van der Waals surface area contributed by atoms with Gasteiger partial charge in [-0.1, -0.05) is 60.4 Å². The molecule has 2 unspecified atom stereocenters. The van der Waals surface area contributed by atoms with Crippen LogP contribution in [0.15, 0.2) is 121 Å². The summed E-state index contributed by atoms with van der Waals surface area (Å²) in [6.07, 6.45) is 11.5. The lowest BCUT2D eigenvalue weighted by atomic mass is 9.87. The first-order chi connectivity index (χ1) is 21.3. The predicted molar refractivity (Wildman–Crippen MR) is 169 cm³/mol. The van der Waals surface area contributed by atoms with Crippen molar-refractivity contribution >= 4 is 0 Å². The Bertz CT molecular complexity index is 1640. The average molecular weight is 583 g/mol. The van der Waals surface area contributed by atoms with E-state index in [0.717, 1.165) is 0 Å². The van der Waals surface area contributed by atoms with Gasteiger partial charge in [0, 0.05) is 22.3 Å². The first-order valence-electron chi connectivity index (χ1n) is 13.7. The van der Waals surface area contributed by atoms with E-state index < -0.39 is 11.2 Å². The molecule has 218 valence electrons. The van der Waals surface area contributed by atoms with Crippen LogP contribution < -0.4 is 18.9 Å². The van der Waals surface area contributed by atoms with Gasteiger partial charge in [0.25, 0.3) is 0 Å². The minimum Gasteiger partial charge on any atom is -0.497 e. The Balaban J connectivity index is 1.23. The van der Waals surface area contributed by atoms with E-state index in [4.69, 9.17) is 31.8 Å². The van der Waals surface area contributed by atoms with Crippen molar-refractivity contribution in [1.29, 1.82) is 0 Å². The van der Waals surface area contributed by atoms with Crippen LogP contribution in [0.4, 0.5) is 0 Å². The molecule has 0 bridgehead atoms. The number of benzene rings is 5. The van der Waals surface area contributed by atoms with Crippen LogP contribution in [0.3, 0.4) is 0 Å². The standard InChI is InChI=1S/C38H30O6/c1-5-37(39,27-7-15-31(41-3)16-8-27)29-11-19-33(20-12-29)43-35-23-25-36(26-24-35)44-34-21-13-30(14-22-34)38(40,6-2)28-9-17-32(42-4)18-10-28/h1-2,7-26,39-40H,3-4H3. The molecule has 0 aromatic heterocycles. The smallest absolute Gasteiger partial charge is 0.176 e. The Kier molecular flexibility index (Phi) is 8.60. The molecular formula is C38H30O6. The molecule has 0 saturated heterocycles. The molecular weight excluding hydrogens is 552 g/mol. The van der Waals surface area contributed by atoms with Gasteiger partial charge in [-0.15, -0.1) is 12.8 Å². The molecule has 5 aromatic carbocycles. The zero-order valence-electron chi connectivity index (χ0n) is 24.2. The van der Waals surface area contributed by atoms with Crippen LogP contribution in [0.1, 0.15) is 22.3 Å². The Morgan fingerprint density at radius 1 is 0.409 bits per heavy atom. The molecule has 0 radical (unpaired) electrons. The van der Waals surface area contributed by atoms with Crippen molar-refractivity contribution in [2.24, 2.45) is 0 Å². The van der Waals surface area contributed by atoms with E-state index in [1.165, 1.54) is 0 Å². The van der Waals surface area contributed by atoms with Crippen LogP contribution in [0.2, 0.25) is 0 Å². The lowest BCUT2D eigenvalue weighted by Crippen LogP contribution is -2.24. The predicted octanol–water partition coefficient (Wildman–Crippen LogP) is 7.03. The van der Waals surface area contributed by atoms with Gasteiger partial charge in [-0.05, 0) is 72.8 Å². The quantitative estimate of drug-likeness (QED) is 0.172. The van der Waals surface area contributed by atoms with Crippen molar-refractivity contribution in [3.63, 3.8) is 0 Å². The highest BCUT2D eigenvalue weighted by atomic mass is 16.5. The third kappa shape index (κ3) is 6.09. The average Bonchev–Trinajstić information content (AvgIpc) is 3.09. The van der Waals surface area contributed by atoms with Crippen LogP contribution >= 0.6 is 0 Å². The molecule has 0 heterocycles. The normalized spacial score (nSPS) is 13.3. The fraction of sp³-hybridized carbons (Fsp3) is 0.105. The van der Waals surface area contributed by atoms with Crippen molar-refractivity contribution < 1.29 is 29.2 Å². The monoisotopic (exact) mass is 582 g/mol. The highest BCUT2D eigenvalue weighted by molar-refractivity contribution is 5.49. The van der Waals surface area contributed by atoms with Gasteiger partial charge in [-0.3, -0.25) is 0 Å². The highest BCUT2D eigenvalue weighted by Crippen LogP contribution is 2.34. The SMILES string of the molecule is C#CC(O)(c1ccc(OC)cc1)c1ccc(Oc2ccc(Oc3ccc(C(O)(C#C)c4ccc(OC)cc4)cc3)cc2)cc1. The van der Waals surface area contributed by atoms with Crippen LogP contribution in [0.25, 0.3) is 0 Å². The topological polar surface area (TPSA) is 77.4 Å². The fourth-order valence-electron chi connectivity index (χ4n) is 4.71. The summed E-state index contributed by atoms with van der Waals surface area (Å²) < 4.78 is 22.4. The third-order valence-corrected chi connectivity index (χ3v) is 7.27. The summed E-state index contributed by atoms with van der Waals surface area (Å²) >= 11 is 0. The first-order valence-corrected chi connectivity index (χ1v) is 13.7. The second-order valence-electron chi connectivity index (χ2n) is 9.89. The number of rotatable bonds is 10. The number of hydrogen-bond acceptors (Lipinski definition) is 6. The summed E-state index contributed by atoms with van der Waals surface area (Å²) in [4.78, 5) is 0. The van der Waals surface area contributed by atoms with E-state index in [2.05, 4.69) is 11.8 Å². The van der Waals surface area contributed by atoms with E-state index in [-0.39, 0.29) is 0 Å². The number of hydrogen-bond donors (Lipinski definition) is 2. The molecule has 0 saturated carbocycles. The van der Waals surface area contributed by atoms with Crippen LogP contribution in [-0.2, 0) is 11.2 Å². The molecule has 0 amide bonds. The highest BCUT2D eigenvalue weighted by Gasteiger charge is 2.30. The summed E-state index contributed by atoms with van der Waals surface area (Å²) in [7, 11) is 3.16. The summed E-state index contributed by atoms with van der Waals surface area (Å²) in [6, 6.07) is 35.0. The fourth-order valence-corrected chi connectivity index (χ4v) is 4.71. The molecule has 0 aliphatic rings. The maximum absolute atomic E-state index is 11.2. The molecule has 6 nitrogen and oxygen atoms in total. The van der Waals surface area contributed by atoms with E-state index in [0.29, 0.717) is 56.8 Å². The zero-order chi connectivity index (χ0) is 31.2. The summed E-state index contributed by atoms with van der Waals surface area (Å²) in [5, 5.41) is 22.5. The molecule has 0 aliphatic carbocycles. The number of terminal acetylenes is 2. The largest absolute Gasteiger partial charge is 0.497 e. The Labute approximate surface area is 257 Å². The zero-order valence-corrected chi connectivity index (χ0v) is 24.2. The Morgan fingerprint density at radius 2 is 0.614 bits per heavy atom. The molecule has 0 fully saturated rings. The maximum Gasteiger partial charge on any atom is 0.176 e. The van der Waals surface area contributed by atoms with Crippen LogP contribution in [0, 0.1) is 24.7 Å². The van der Waals surface area contributed by atoms with E-state index in [1.807, 2.05) is 0 Å². The van der Waals surface area contributed by atoms with Gasteiger partial charge in [0.1, 0.15) is 34.5 Å². The van der Waals surface area contributed by atoms with Gasteiger partial charge in [0.15, 0.2) is 11.2 Å². The number of methoxy groups -OCH3 is 2. The molecule has 2 N–H and O–H groups in total. The minimum absolute atomic E-state index is 0.539. The van der Waals surface area contributed by atoms with E-state index >= 15 is 0 Å². The van der Waals surface area contributed by atoms with Gasteiger partial charge in [-0.25, -0.2) is 0 Å². The van der Waals surface area contributed by atoms with Gasteiger partial charge in [-0.2, -0.15) is 0 Å². The molecule has 0 aliphatic heterocycles. The van der Waals surface area contributed by atoms with E-state index in [1.54, 1.807) is 136 Å². The van der Waals surface area contributed by atoms with Crippen molar-refractivity contribution in [1.82, 2.24) is 0 Å². The molecule has 5 rings (SSSR count). The summed E-state index contributed by atoms with van der Waals surface area (Å²) in [5.74, 6) is 8.69. The molecule has 44 heavy (non-hydrogen) atoms. The summed E-state index contributed by atoms with van der Waals surface area (Å²) in [6.45, 7) is 0. The van der Waals surface area contributed by atoms with Gasteiger partial charge < -0.3 is 29.2 Å². The lowest BCUT2D eigenvalue weighted by Gasteiger charge is -2.24. The first kappa shape index (κ1) is 29.8. The maximum atomic E-state index is 11.2. The van der Waals surface area contributed by atoms with Crippen molar-refractivity contribution in [2.45, 2.75) is 11.2 Å². The van der Waals surface area contributed by atoms with Gasteiger partial charge in [0.05, 0.1) is 14.2 Å². The summed E-state index contributed by atoms with van der Waals surface area (Å²) in [5.41, 5.74) is -1.00. The second kappa shape index (κ2) is 12.7. The Morgan fingerprint density at radius 3 is 0.818 bits per heavy atom. The van der Waals surface area contributed by atoms with Crippen LogP contribution in [-0.4, -0.2) is 24.4 Å². The second-order valence-corrected chi connectivity index (χ2v) is 9.89. The van der Waals surface area contributed by atoms with Gasteiger partial charge in [0.2, 0.25) is 0 Å². The minimum atomic E-state index is -1.60. The third-order valence-electron chi connectivity index (χ3n) is 7.27.